The monoisotopic (exact) mass is 368 g/mol. The molecule has 7 nitrogen and oxygen atoms in total. The molecule has 0 spiro atoms. The second-order valence-corrected chi connectivity index (χ2v) is 6.34. The van der Waals surface area contributed by atoms with Crippen LogP contribution >= 0.6 is 0 Å². The molecular formula is C20H20N2O5. The Kier molecular flexibility index (Phi) is 5.12. The van der Waals surface area contributed by atoms with Crippen LogP contribution in [0.2, 0.25) is 0 Å². The van der Waals surface area contributed by atoms with E-state index in [2.05, 4.69) is 10.6 Å². The molecule has 0 amide bonds. The fraction of sp³-hybridized carbons (Fsp3) is 0.250. The molecule has 0 bridgehead atoms. The lowest BCUT2D eigenvalue weighted by Gasteiger charge is -2.17. The van der Waals surface area contributed by atoms with Crippen molar-refractivity contribution in [3.05, 3.63) is 68.4 Å². The Morgan fingerprint density at radius 3 is 2.56 bits per heavy atom. The summed E-state index contributed by atoms with van der Waals surface area (Å²) in [4.78, 5) is 36.2. The Bertz CT molecular complexity index is 1030. The lowest BCUT2D eigenvalue weighted by atomic mass is 9.96. The van der Waals surface area contributed by atoms with E-state index in [1.165, 1.54) is 18.4 Å². The van der Waals surface area contributed by atoms with Gasteiger partial charge in [0.1, 0.15) is 22.9 Å². The number of para-hydroxylation sites is 1. The minimum Gasteiger partial charge on any atom is -0.505 e. The van der Waals surface area contributed by atoms with Crippen LogP contribution < -0.4 is 21.5 Å². The molecule has 1 heterocycles. The highest BCUT2D eigenvalue weighted by Gasteiger charge is 2.24. The van der Waals surface area contributed by atoms with Crippen LogP contribution in [0.5, 0.6) is 5.75 Å². The topological polar surface area (TPSA) is 109 Å². The first-order valence-electron chi connectivity index (χ1n) is 8.66. The van der Waals surface area contributed by atoms with Gasteiger partial charge in [0.2, 0.25) is 0 Å². The molecule has 1 unspecified atom stereocenters. The Labute approximate surface area is 155 Å². The average Bonchev–Trinajstić information content (AvgIpc) is 3.20. The molecule has 0 aliphatic heterocycles. The summed E-state index contributed by atoms with van der Waals surface area (Å²) in [5, 5.41) is 16.1. The van der Waals surface area contributed by atoms with Crippen LogP contribution in [0.1, 0.15) is 36.4 Å². The van der Waals surface area contributed by atoms with E-state index < -0.39 is 10.9 Å². The lowest BCUT2D eigenvalue weighted by molar-refractivity contribution is 0.0924. The normalized spacial score (nSPS) is 12.1. The van der Waals surface area contributed by atoms with Gasteiger partial charge in [-0.05, 0) is 30.7 Å². The van der Waals surface area contributed by atoms with Crippen molar-refractivity contribution in [1.82, 2.24) is 0 Å². The van der Waals surface area contributed by atoms with Crippen LogP contribution in [0.3, 0.4) is 0 Å². The van der Waals surface area contributed by atoms with Crippen molar-refractivity contribution in [3.63, 3.8) is 0 Å². The Hall–Kier alpha value is -3.35. The van der Waals surface area contributed by atoms with Gasteiger partial charge in [0.25, 0.3) is 10.9 Å². The molecule has 0 radical (unpaired) electrons. The Morgan fingerprint density at radius 2 is 1.89 bits per heavy atom. The second-order valence-electron chi connectivity index (χ2n) is 6.34. The van der Waals surface area contributed by atoms with E-state index in [1.807, 2.05) is 6.92 Å². The molecule has 3 rings (SSSR count). The summed E-state index contributed by atoms with van der Waals surface area (Å²) < 4.78 is 5.18. The summed E-state index contributed by atoms with van der Waals surface area (Å²) in [6.45, 7) is 3.92. The average molecular weight is 368 g/mol. The SMILES string of the molecule is CCC(C)C(=O)c1cccc(Nc2c(NCc3ccco3)c(=O)c2=O)c1O. The van der Waals surface area contributed by atoms with Gasteiger partial charge < -0.3 is 20.2 Å². The van der Waals surface area contributed by atoms with Crippen molar-refractivity contribution in [2.75, 3.05) is 10.6 Å². The highest BCUT2D eigenvalue weighted by Crippen LogP contribution is 2.33. The zero-order valence-electron chi connectivity index (χ0n) is 15.0. The first kappa shape index (κ1) is 18.4. The zero-order chi connectivity index (χ0) is 19.6. The van der Waals surface area contributed by atoms with Gasteiger partial charge in [-0.25, -0.2) is 0 Å². The number of hydrogen-bond acceptors (Lipinski definition) is 7. The molecule has 0 aliphatic carbocycles. The molecule has 2 aromatic carbocycles. The van der Waals surface area contributed by atoms with Crippen LogP contribution in [0.4, 0.5) is 17.1 Å². The fourth-order valence-electron chi connectivity index (χ4n) is 2.70. The van der Waals surface area contributed by atoms with E-state index in [0.29, 0.717) is 12.2 Å². The maximum absolute atomic E-state index is 12.4. The minimum absolute atomic E-state index is 0.0509. The number of ketones is 1. The third-order valence-corrected chi connectivity index (χ3v) is 4.55. The van der Waals surface area contributed by atoms with E-state index in [4.69, 9.17) is 4.42 Å². The van der Waals surface area contributed by atoms with E-state index in [1.54, 1.807) is 25.1 Å². The molecule has 7 heteroatoms. The van der Waals surface area contributed by atoms with E-state index in [-0.39, 0.29) is 46.6 Å². The number of carbonyl (C=O) groups excluding carboxylic acids is 1. The van der Waals surface area contributed by atoms with Gasteiger partial charge in [-0.15, -0.1) is 0 Å². The number of rotatable bonds is 8. The van der Waals surface area contributed by atoms with Crippen LogP contribution in [0, 0.1) is 5.92 Å². The fourth-order valence-corrected chi connectivity index (χ4v) is 2.70. The summed E-state index contributed by atoms with van der Waals surface area (Å²) in [5.74, 6) is -0.0477. The van der Waals surface area contributed by atoms with Crippen LogP contribution in [0.25, 0.3) is 0 Å². The van der Waals surface area contributed by atoms with Gasteiger partial charge in [0.05, 0.1) is 24.1 Å². The van der Waals surface area contributed by atoms with E-state index >= 15 is 0 Å². The number of phenols is 1. The minimum atomic E-state index is -0.685. The number of carbonyl (C=O) groups is 1. The quantitative estimate of drug-likeness (QED) is 0.318. The van der Waals surface area contributed by atoms with Gasteiger partial charge in [0, 0.05) is 5.92 Å². The number of anilines is 3. The molecule has 0 saturated heterocycles. The van der Waals surface area contributed by atoms with Crippen molar-refractivity contribution in [1.29, 1.82) is 0 Å². The zero-order valence-corrected chi connectivity index (χ0v) is 15.0. The molecule has 0 fully saturated rings. The molecule has 140 valence electrons. The predicted molar refractivity (Wildman–Crippen MR) is 103 cm³/mol. The van der Waals surface area contributed by atoms with Crippen molar-refractivity contribution in [2.24, 2.45) is 5.92 Å². The van der Waals surface area contributed by atoms with Crippen molar-refractivity contribution < 1.29 is 14.3 Å². The van der Waals surface area contributed by atoms with Gasteiger partial charge >= 0.3 is 0 Å². The van der Waals surface area contributed by atoms with Gasteiger partial charge in [-0.2, -0.15) is 0 Å². The summed E-state index contributed by atoms with van der Waals surface area (Å²) in [5.41, 5.74) is -0.787. The first-order chi connectivity index (χ1) is 12.9. The largest absolute Gasteiger partial charge is 0.505 e. The molecule has 0 saturated carbocycles. The maximum Gasteiger partial charge on any atom is 0.253 e. The number of furan rings is 1. The van der Waals surface area contributed by atoms with Gasteiger partial charge in [-0.1, -0.05) is 19.9 Å². The summed E-state index contributed by atoms with van der Waals surface area (Å²) in [7, 11) is 0. The molecule has 0 aliphatic rings. The number of aromatic hydroxyl groups is 1. The number of hydrogen-bond donors (Lipinski definition) is 3. The van der Waals surface area contributed by atoms with Crippen molar-refractivity contribution in [3.8, 4) is 5.75 Å². The lowest BCUT2D eigenvalue weighted by Crippen LogP contribution is -2.36. The van der Waals surface area contributed by atoms with Crippen LogP contribution in [0.15, 0.2) is 50.6 Å². The predicted octanol–water partition coefficient (Wildman–Crippen LogP) is 3.17. The highest BCUT2D eigenvalue weighted by molar-refractivity contribution is 6.02. The summed E-state index contributed by atoms with van der Waals surface area (Å²) >= 11 is 0. The molecule has 1 atom stereocenters. The van der Waals surface area contributed by atoms with E-state index in [0.717, 1.165) is 0 Å². The van der Waals surface area contributed by atoms with Gasteiger partial charge in [-0.3, -0.25) is 14.4 Å². The van der Waals surface area contributed by atoms with Crippen LogP contribution in [-0.4, -0.2) is 10.9 Å². The molecular weight excluding hydrogens is 348 g/mol. The summed E-state index contributed by atoms with van der Waals surface area (Å²) in [6.07, 6.45) is 2.16. The van der Waals surface area contributed by atoms with Crippen LogP contribution in [-0.2, 0) is 6.54 Å². The molecule has 3 aromatic rings. The number of Topliss-reactive ketones (excluding diaryl/α,β-unsaturated/α-hetero) is 1. The third-order valence-electron chi connectivity index (χ3n) is 4.55. The second kappa shape index (κ2) is 7.49. The standard InChI is InChI=1S/C20H20N2O5/c1-3-11(2)17(23)13-7-4-8-14(18(13)24)22-16-15(19(25)20(16)26)21-10-12-6-5-9-27-12/h4-9,11,21-22,24H,3,10H2,1-2H3. The summed E-state index contributed by atoms with van der Waals surface area (Å²) in [6, 6.07) is 8.14. The Balaban J connectivity index is 1.84. The highest BCUT2D eigenvalue weighted by atomic mass is 16.3. The Morgan fingerprint density at radius 1 is 1.15 bits per heavy atom. The maximum atomic E-state index is 12.4. The van der Waals surface area contributed by atoms with Crippen molar-refractivity contribution in [2.45, 2.75) is 26.8 Å². The smallest absolute Gasteiger partial charge is 0.253 e. The first-order valence-corrected chi connectivity index (χ1v) is 8.66. The van der Waals surface area contributed by atoms with Gasteiger partial charge in [0.15, 0.2) is 5.78 Å². The number of phenolic OH excluding ortho intramolecular Hbond substituents is 1. The molecule has 3 N–H and O–H groups in total. The molecule has 1 aromatic heterocycles. The molecule has 27 heavy (non-hydrogen) atoms. The third kappa shape index (κ3) is 3.48. The number of benzene rings is 1. The van der Waals surface area contributed by atoms with Crippen molar-refractivity contribution >= 4 is 22.8 Å². The van der Waals surface area contributed by atoms with E-state index in [9.17, 15) is 19.5 Å². The number of nitrogens with one attached hydrogen (secondary N) is 2.